The molecule has 0 heterocycles. The van der Waals surface area contributed by atoms with E-state index >= 15 is 0 Å². The monoisotopic (exact) mass is 308 g/mol. The predicted octanol–water partition coefficient (Wildman–Crippen LogP) is 2.58. The molecule has 9 unspecified atom stereocenters. The van der Waals surface area contributed by atoms with Crippen LogP contribution >= 0.6 is 0 Å². The van der Waals surface area contributed by atoms with Gasteiger partial charge in [0.25, 0.3) is 0 Å². The molecule has 4 aliphatic rings. The molecule has 4 fully saturated rings. The van der Waals surface area contributed by atoms with Crippen molar-refractivity contribution in [1.82, 2.24) is 0 Å². The van der Waals surface area contributed by atoms with Crippen LogP contribution in [0.5, 0.6) is 0 Å². The van der Waals surface area contributed by atoms with Crippen molar-refractivity contribution in [1.29, 1.82) is 0 Å². The average molecular weight is 308 g/mol. The highest BCUT2D eigenvalue weighted by Gasteiger charge is 2.58. The lowest BCUT2D eigenvalue weighted by atomic mass is 9.47. The number of aliphatic hydroxyl groups is 3. The molecule has 22 heavy (non-hydrogen) atoms. The zero-order valence-electron chi connectivity index (χ0n) is 14.0. The molecule has 0 bridgehead atoms. The van der Waals surface area contributed by atoms with Crippen LogP contribution < -0.4 is 0 Å². The van der Waals surface area contributed by atoms with Gasteiger partial charge in [0.05, 0.1) is 18.3 Å². The van der Waals surface area contributed by atoms with Crippen LogP contribution in [0.15, 0.2) is 0 Å². The third-order valence-electron chi connectivity index (χ3n) is 7.82. The molecule has 0 amide bonds. The highest BCUT2D eigenvalue weighted by Crippen LogP contribution is 2.61. The van der Waals surface area contributed by atoms with Gasteiger partial charge in [-0.15, -0.1) is 0 Å². The summed E-state index contributed by atoms with van der Waals surface area (Å²) in [6.45, 7) is 4.60. The second-order valence-electron chi connectivity index (χ2n) is 9.47. The second-order valence-corrected chi connectivity index (χ2v) is 9.47. The topological polar surface area (TPSA) is 60.7 Å². The van der Waals surface area contributed by atoms with E-state index in [0.29, 0.717) is 35.5 Å². The van der Waals surface area contributed by atoms with Gasteiger partial charge >= 0.3 is 0 Å². The first-order valence-electron chi connectivity index (χ1n) is 9.42. The summed E-state index contributed by atoms with van der Waals surface area (Å²) in [4.78, 5) is 0. The Hall–Kier alpha value is -0.120. The number of fused-ring (bicyclic) bond motifs is 5. The van der Waals surface area contributed by atoms with Crippen LogP contribution in [0, 0.1) is 40.9 Å². The summed E-state index contributed by atoms with van der Waals surface area (Å²) in [6, 6.07) is 0. The van der Waals surface area contributed by atoms with Crippen LogP contribution in [0.2, 0.25) is 0 Å². The normalized spacial score (nSPS) is 56.9. The van der Waals surface area contributed by atoms with Crippen LogP contribution in [-0.4, -0.2) is 33.6 Å². The zero-order valence-corrected chi connectivity index (χ0v) is 14.0. The molecule has 3 nitrogen and oxygen atoms in total. The van der Waals surface area contributed by atoms with E-state index in [-0.39, 0.29) is 23.7 Å². The van der Waals surface area contributed by atoms with E-state index in [1.54, 1.807) is 0 Å². The quantitative estimate of drug-likeness (QED) is 0.644. The fourth-order valence-corrected chi connectivity index (χ4v) is 7.46. The lowest BCUT2D eigenvalue weighted by molar-refractivity contribution is -0.171. The average Bonchev–Trinajstić information content (AvgIpc) is 2.85. The minimum Gasteiger partial charge on any atom is -0.393 e. The molecule has 0 aromatic rings. The fourth-order valence-electron chi connectivity index (χ4n) is 7.46. The highest BCUT2D eigenvalue weighted by molar-refractivity contribution is 5.07. The van der Waals surface area contributed by atoms with Gasteiger partial charge in [0.2, 0.25) is 0 Å². The molecule has 0 aliphatic heterocycles. The first kappa shape index (κ1) is 15.4. The van der Waals surface area contributed by atoms with Crippen LogP contribution in [0.1, 0.15) is 58.8 Å². The molecular weight excluding hydrogens is 276 g/mol. The smallest absolute Gasteiger partial charge is 0.0576 e. The molecule has 4 rings (SSSR count). The highest BCUT2D eigenvalue weighted by atomic mass is 16.3. The molecule has 0 radical (unpaired) electrons. The van der Waals surface area contributed by atoms with Crippen molar-refractivity contribution in [3.8, 4) is 0 Å². The summed E-state index contributed by atoms with van der Waals surface area (Å²) in [6.07, 6.45) is 6.43. The largest absolute Gasteiger partial charge is 0.393 e. The maximum absolute atomic E-state index is 10.9. The third kappa shape index (κ3) is 2.19. The van der Waals surface area contributed by atoms with E-state index in [0.717, 1.165) is 32.1 Å². The molecule has 0 spiro atoms. The summed E-state index contributed by atoms with van der Waals surface area (Å²) < 4.78 is 0. The van der Waals surface area contributed by atoms with Gasteiger partial charge in [0.15, 0.2) is 0 Å². The lowest BCUT2D eigenvalue weighted by Gasteiger charge is -2.60. The van der Waals surface area contributed by atoms with Crippen LogP contribution in [-0.2, 0) is 0 Å². The molecule has 126 valence electrons. The van der Waals surface area contributed by atoms with Gasteiger partial charge in [0, 0.05) is 0 Å². The van der Waals surface area contributed by atoms with Gasteiger partial charge in [-0.05, 0) is 79.4 Å². The minimum atomic E-state index is -0.217. The van der Waals surface area contributed by atoms with Crippen molar-refractivity contribution < 1.29 is 15.3 Å². The van der Waals surface area contributed by atoms with Crippen molar-refractivity contribution in [2.75, 3.05) is 0 Å². The third-order valence-corrected chi connectivity index (χ3v) is 7.82. The van der Waals surface area contributed by atoms with Gasteiger partial charge in [-0.2, -0.15) is 0 Å². The van der Waals surface area contributed by atoms with Crippen molar-refractivity contribution in [3.63, 3.8) is 0 Å². The van der Waals surface area contributed by atoms with E-state index in [1.165, 1.54) is 12.8 Å². The van der Waals surface area contributed by atoms with E-state index in [2.05, 4.69) is 13.8 Å². The van der Waals surface area contributed by atoms with E-state index in [1.807, 2.05) is 0 Å². The number of hydrogen-bond acceptors (Lipinski definition) is 3. The molecule has 0 aromatic carbocycles. The van der Waals surface area contributed by atoms with Gasteiger partial charge in [-0.3, -0.25) is 0 Å². The van der Waals surface area contributed by atoms with Crippen LogP contribution in [0.25, 0.3) is 0 Å². The van der Waals surface area contributed by atoms with Gasteiger partial charge < -0.3 is 15.3 Å². The van der Waals surface area contributed by atoms with Crippen molar-refractivity contribution >= 4 is 0 Å². The Morgan fingerprint density at radius 3 is 2.32 bits per heavy atom. The first-order chi connectivity index (χ1) is 10.4. The Kier molecular flexibility index (Phi) is 3.63. The molecule has 0 saturated heterocycles. The van der Waals surface area contributed by atoms with E-state index in [9.17, 15) is 15.3 Å². The molecule has 3 heteroatoms. The fraction of sp³-hybridized carbons (Fsp3) is 1.00. The van der Waals surface area contributed by atoms with Crippen LogP contribution in [0.4, 0.5) is 0 Å². The summed E-state index contributed by atoms with van der Waals surface area (Å²) >= 11 is 0. The van der Waals surface area contributed by atoms with E-state index < -0.39 is 0 Å². The Balaban J connectivity index is 1.68. The maximum atomic E-state index is 10.9. The Morgan fingerprint density at radius 1 is 0.818 bits per heavy atom. The summed E-state index contributed by atoms with van der Waals surface area (Å²) in [5, 5.41) is 31.8. The molecule has 0 aromatic heterocycles. The Morgan fingerprint density at radius 2 is 1.55 bits per heavy atom. The van der Waals surface area contributed by atoms with Gasteiger partial charge in [-0.1, -0.05) is 20.3 Å². The number of hydrogen-bond donors (Lipinski definition) is 3. The molecule has 4 aliphatic carbocycles. The van der Waals surface area contributed by atoms with Crippen molar-refractivity contribution in [2.24, 2.45) is 40.9 Å². The van der Waals surface area contributed by atoms with Gasteiger partial charge in [0.1, 0.15) is 0 Å². The van der Waals surface area contributed by atoms with Crippen molar-refractivity contribution in [3.05, 3.63) is 0 Å². The minimum absolute atomic E-state index is 0.122. The Bertz CT molecular complexity index is 434. The predicted molar refractivity (Wildman–Crippen MR) is 85.1 cm³/mol. The van der Waals surface area contributed by atoms with Crippen LogP contribution in [0.3, 0.4) is 0 Å². The van der Waals surface area contributed by atoms with Gasteiger partial charge in [-0.25, -0.2) is 0 Å². The van der Waals surface area contributed by atoms with Crippen molar-refractivity contribution in [2.45, 2.75) is 77.1 Å². The molecular formula is C19H32O3. The second kappa shape index (κ2) is 5.19. The zero-order chi connectivity index (χ0) is 15.6. The number of aliphatic hydroxyl groups excluding tert-OH is 3. The molecule has 4 saturated carbocycles. The summed E-state index contributed by atoms with van der Waals surface area (Å²) in [5.41, 5.74) is 0.122. The van der Waals surface area contributed by atoms with E-state index in [4.69, 9.17) is 0 Å². The standard InChI is InChI=1S/C19H32O3/c1-19(2)9-11(20)6-10-7-16(22)17-13-5-3-4-12(13)15(21)8-14(17)18(10)19/h10-18,20-22H,3-9H2,1-2H3. The first-order valence-corrected chi connectivity index (χ1v) is 9.42. The maximum Gasteiger partial charge on any atom is 0.0576 e. The number of rotatable bonds is 0. The Labute approximate surface area is 134 Å². The summed E-state index contributed by atoms with van der Waals surface area (Å²) in [5.74, 6) is 2.80. The lowest BCUT2D eigenvalue weighted by Crippen LogP contribution is -2.58. The summed E-state index contributed by atoms with van der Waals surface area (Å²) in [7, 11) is 0. The molecule has 9 atom stereocenters. The SMILES string of the molecule is CC1(C)CC(O)CC2CC(O)C3C4CCCC4C(O)CC3C21. The molecule has 3 N–H and O–H groups in total.